The van der Waals surface area contributed by atoms with E-state index in [9.17, 15) is 0 Å². The third-order valence-corrected chi connectivity index (χ3v) is 3.60. The summed E-state index contributed by atoms with van der Waals surface area (Å²) >= 11 is 0. The van der Waals surface area contributed by atoms with Crippen LogP contribution in [0.2, 0.25) is 0 Å². The van der Waals surface area contributed by atoms with Crippen LogP contribution in [0.5, 0.6) is 5.75 Å². The van der Waals surface area contributed by atoms with Gasteiger partial charge in [-0.25, -0.2) is 0 Å². The van der Waals surface area contributed by atoms with Gasteiger partial charge in [-0.2, -0.15) is 0 Å². The van der Waals surface area contributed by atoms with E-state index in [1.54, 1.807) is 7.11 Å². The summed E-state index contributed by atoms with van der Waals surface area (Å²) in [6.45, 7) is 4.99. The van der Waals surface area contributed by atoms with Crippen LogP contribution in [0.4, 0.5) is 0 Å². The van der Waals surface area contributed by atoms with Crippen LogP contribution in [-0.4, -0.2) is 31.4 Å². The molecule has 3 N–H and O–H groups in total. The summed E-state index contributed by atoms with van der Waals surface area (Å²) in [6, 6.07) is 4.95. The number of fused-ring (bicyclic) bond motifs is 1. The fourth-order valence-corrected chi connectivity index (χ4v) is 2.51. The van der Waals surface area contributed by atoms with Crippen LogP contribution >= 0.6 is 0 Å². The molecule has 4 heteroatoms. The minimum atomic E-state index is 0.234. The maximum Gasteiger partial charge on any atom is 0.123 e. The first-order chi connectivity index (χ1) is 9.24. The number of rotatable bonds is 6. The number of methoxy groups -OCH3 is 1. The Morgan fingerprint density at radius 2 is 2.26 bits per heavy atom. The summed E-state index contributed by atoms with van der Waals surface area (Å²) in [5, 5.41) is 15.6. The Kier molecular flexibility index (Phi) is 5.19. The molecule has 0 saturated carbocycles. The monoisotopic (exact) mass is 264 g/mol. The van der Waals surface area contributed by atoms with Gasteiger partial charge >= 0.3 is 0 Å². The summed E-state index contributed by atoms with van der Waals surface area (Å²) in [7, 11) is 1.72. The quantitative estimate of drug-likeness (QED) is 0.676. The summed E-state index contributed by atoms with van der Waals surface area (Å²) in [5.41, 5.74) is 3.97. The number of aliphatic hydroxyl groups excluding tert-OH is 1. The Balaban J connectivity index is 2.10. The number of nitrogens with one attached hydrogen (secondary N) is 2. The second-order valence-electron chi connectivity index (χ2n) is 5.17. The highest BCUT2D eigenvalue weighted by atomic mass is 16.5. The zero-order valence-corrected chi connectivity index (χ0v) is 11.8. The van der Waals surface area contributed by atoms with Crippen LogP contribution in [0, 0.1) is 0 Å². The molecule has 1 aliphatic heterocycles. The van der Waals surface area contributed by atoms with Crippen LogP contribution in [0.1, 0.15) is 30.0 Å². The lowest BCUT2D eigenvalue weighted by molar-refractivity contribution is 0.286. The number of benzene rings is 1. The van der Waals surface area contributed by atoms with E-state index in [1.807, 2.05) is 0 Å². The highest BCUT2D eigenvalue weighted by molar-refractivity contribution is 5.44. The third-order valence-electron chi connectivity index (χ3n) is 3.60. The van der Waals surface area contributed by atoms with Gasteiger partial charge in [-0.05, 0) is 43.5 Å². The zero-order valence-electron chi connectivity index (χ0n) is 11.8. The summed E-state index contributed by atoms with van der Waals surface area (Å²) in [6.07, 6.45) is 1.86. The molecule has 0 amide bonds. The standard InChI is InChI=1S/C15H24N2O2/c1-11-6-12-7-14(9-16-4-3-5-18)15(19-2)8-13(12)10-17-11/h7-8,11,16-18H,3-6,9-10H2,1-2H3. The van der Waals surface area contributed by atoms with Crippen LogP contribution < -0.4 is 15.4 Å². The topological polar surface area (TPSA) is 53.5 Å². The number of aliphatic hydroxyl groups is 1. The van der Waals surface area contributed by atoms with Crippen molar-refractivity contribution < 1.29 is 9.84 Å². The lowest BCUT2D eigenvalue weighted by atomic mass is 9.94. The van der Waals surface area contributed by atoms with E-state index in [0.29, 0.717) is 6.04 Å². The highest BCUT2D eigenvalue weighted by Gasteiger charge is 2.17. The maximum absolute atomic E-state index is 8.78. The Hall–Kier alpha value is -1.10. The molecule has 0 saturated heterocycles. The van der Waals surface area contributed by atoms with E-state index < -0.39 is 0 Å². The van der Waals surface area contributed by atoms with Gasteiger partial charge in [-0.1, -0.05) is 6.07 Å². The number of hydrogen-bond donors (Lipinski definition) is 3. The van der Waals surface area contributed by atoms with Crippen molar-refractivity contribution >= 4 is 0 Å². The van der Waals surface area contributed by atoms with Crippen molar-refractivity contribution in [1.29, 1.82) is 0 Å². The molecule has 1 atom stereocenters. The van der Waals surface area contributed by atoms with E-state index >= 15 is 0 Å². The Morgan fingerprint density at radius 1 is 1.42 bits per heavy atom. The predicted octanol–water partition coefficient (Wildman–Crippen LogP) is 1.20. The Morgan fingerprint density at radius 3 is 3.00 bits per heavy atom. The van der Waals surface area contributed by atoms with Gasteiger partial charge < -0.3 is 20.5 Å². The largest absolute Gasteiger partial charge is 0.496 e. The second-order valence-corrected chi connectivity index (χ2v) is 5.17. The van der Waals surface area contributed by atoms with Gasteiger partial charge in [0.25, 0.3) is 0 Å². The van der Waals surface area contributed by atoms with Crippen molar-refractivity contribution in [1.82, 2.24) is 10.6 Å². The highest BCUT2D eigenvalue weighted by Crippen LogP contribution is 2.26. The molecule has 1 heterocycles. The fourth-order valence-electron chi connectivity index (χ4n) is 2.51. The molecule has 1 unspecified atom stereocenters. The average Bonchev–Trinajstić information content (AvgIpc) is 2.42. The minimum absolute atomic E-state index is 0.234. The first-order valence-electron chi connectivity index (χ1n) is 6.98. The molecule has 0 fully saturated rings. The van der Waals surface area contributed by atoms with E-state index in [1.165, 1.54) is 16.7 Å². The van der Waals surface area contributed by atoms with Crippen LogP contribution in [0.3, 0.4) is 0 Å². The molecule has 0 radical (unpaired) electrons. The molecular formula is C15H24N2O2. The first kappa shape index (κ1) is 14.3. The molecule has 19 heavy (non-hydrogen) atoms. The van der Waals surface area contributed by atoms with E-state index in [0.717, 1.165) is 38.2 Å². The van der Waals surface area contributed by atoms with Crippen LogP contribution in [-0.2, 0) is 19.5 Å². The molecule has 1 aliphatic rings. The molecule has 106 valence electrons. The molecule has 1 aromatic carbocycles. The van der Waals surface area contributed by atoms with Crippen molar-refractivity contribution in [3.05, 3.63) is 28.8 Å². The number of hydrogen-bond acceptors (Lipinski definition) is 4. The normalized spacial score (nSPS) is 18.2. The van der Waals surface area contributed by atoms with Gasteiger partial charge in [0.1, 0.15) is 5.75 Å². The lowest BCUT2D eigenvalue weighted by Gasteiger charge is -2.25. The predicted molar refractivity (Wildman–Crippen MR) is 76.4 cm³/mol. The third kappa shape index (κ3) is 3.69. The molecule has 1 aromatic rings. The molecular weight excluding hydrogens is 240 g/mol. The van der Waals surface area contributed by atoms with Gasteiger partial charge in [0.05, 0.1) is 7.11 Å². The zero-order chi connectivity index (χ0) is 13.7. The molecule has 0 bridgehead atoms. The first-order valence-corrected chi connectivity index (χ1v) is 6.98. The minimum Gasteiger partial charge on any atom is -0.496 e. The Bertz CT molecular complexity index is 421. The smallest absolute Gasteiger partial charge is 0.123 e. The molecule has 4 nitrogen and oxygen atoms in total. The SMILES string of the molecule is COc1cc2c(cc1CNCCCO)CC(C)NC2. The van der Waals surface area contributed by atoms with E-state index in [-0.39, 0.29) is 6.61 Å². The van der Waals surface area contributed by atoms with Crippen molar-refractivity contribution in [2.24, 2.45) is 0 Å². The van der Waals surface area contributed by atoms with E-state index in [2.05, 4.69) is 29.7 Å². The summed E-state index contributed by atoms with van der Waals surface area (Å²) in [5.74, 6) is 0.951. The van der Waals surface area contributed by atoms with Crippen molar-refractivity contribution in [2.75, 3.05) is 20.3 Å². The second kappa shape index (κ2) is 6.89. The van der Waals surface area contributed by atoms with Gasteiger partial charge in [0, 0.05) is 31.3 Å². The van der Waals surface area contributed by atoms with Gasteiger partial charge in [0.15, 0.2) is 0 Å². The summed E-state index contributed by atoms with van der Waals surface area (Å²) in [4.78, 5) is 0. The summed E-state index contributed by atoms with van der Waals surface area (Å²) < 4.78 is 5.48. The lowest BCUT2D eigenvalue weighted by Crippen LogP contribution is -2.33. The fraction of sp³-hybridized carbons (Fsp3) is 0.600. The van der Waals surface area contributed by atoms with Crippen molar-refractivity contribution in [3.8, 4) is 5.75 Å². The van der Waals surface area contributed by atoms with Crippen LogP contribution in [0.25, 0.3) is 0 Å². The van der Waals surface area contributed by atoms with E-state index in [4.69, 9.17) is 9.84 Å². The number of ether oxygens (including phenoxy) is 1. The van der Waals surface area contributed by atoms with Crippen LogP contribution in [0.15, 0.2) is 12.1 Å². The Labute approximate surface area is 115 Å². The molecule has 0 aliphatic carbocycles. The molecule has 0 spiro atoms. The van der Waals surface area contributed by atoms with Gasteiger partial charge in [-0.3, -0.25) is 0 Å². The van der Waals surface area contributed by atoms with Gasteiger partial charge in [0.2, 0.25) is 0 Å². The van der Waals surface area contributed by atoms with Crippen molar-refractivity contribution in [2.45, 2.75) is 38.9 Å². The molecule has 2 rings (SSSR count). The average molecular weight is 264 g/mol. The maximum atomic E-state index is 8.78. The van der Waals surface area contributed by atoms with Crippen molar-refractivity contribution in [3.63, 3.8) is 0 Å². The molecule has 0 aromatic heterocycles. The van der Waals surface area contributed by atoms with Gasteiger partial charge in [-0.15, -0.1) is 0 Å².